The van der Waals surface area contributed by atoms with E-state index in [1.807, 2.05) is 18.2 Å². The molecule has 0 radical (unpaired) electrons. The number of hydrogen-bond donors (Lipinski definition) is 1. The van der Waals surface area contributed by atoms with Crippen molar-refractivity contribution in [1.29, 1.82) is 0 Å². The van der Waals surface area contributed by atoms with E-state index < -0.39 is 17.7 Å². The Morgan fingerprint density at radius 3 is 2.80 bits per heavy atom. The highest BCUT2D eigenvalue weighted by Gasteiger charge is 2.22. The highest BCUT2D eigenvalue weighted by molar-refractivity contribution is 5.58. The third-order valence-electron chi connectivity index (χ3n) is 3.76. The van der Waals surface area contributed by atoms with Crippen molar-refractivity contribution in [1.82, 2.24) is 0 Å². The van der Waals surface area contributed by atoms with Gasteiger partial charge in [0, 0.05) is 24.3 Å². The summed E-state index contributed by atoms with van der Waals surface area (Å²) in [5, 5.41) is 0. The van der Waals surface area contributed by atoms with Crippen molar-refractivity contribution in [3.63, 3.8) is 0 Å². The minimum atomic E-state index is -0.545. The van der Waals surface area contributed by atoms with E-state index in [1.165, 1.54) is 11.6 Å². The predicted octanol–water partition coefficient (Wildman–Crippen LogP) is 3.03. The minimum absolute atomic E-state index is 0.231. The maximum Gasteiger partial charge on any atom is 0.128 e. The van der Waals surface area contributed by atoms with Gasteiger partial charge in [0.1, 0.15) is 11.6 Å². The van der Waals surface area contributed by atoms with Crippen LogP contribution in [0.2, 0.25) is 0 Å². The fourth-order valence-corrected chi connectivity index (χ4v) is 2.73. The van der Waals surface area contributed by atoms with Crippen molar-refractivity contribution in [3.05, 3.63) is 65.2 Å². The molecule has 0 fully saturated rings. The first kappa shape index (κ1) is 13.1. The Bertz CT molecular complexity index is 628. The van der Waals surface area contributed by atoms with Gasteiger partial charge >= 0.3 is 0 Å². The van der Waals surface area contributed by atoms with E-state index in [9.17, 15) is 8.78 Å². The third kappa shape index (κ3) is 2.39. The maximum absolute atomic E-state index is 13.7. The summed E-state index contributed by atoms with van der Waals surface area (Å²) in [4.78, 5) is 2.13. The lowest BCUT2D eigenvalue weighted by molar-refractivity contribution is 0.558. The van der Waals surface area contributed by atoms with Gasteiger partial charge in [-0.25, -0.2) is 8.78 Å². The molecule has 20 heavy (non-hydrogen) atoms. The van der Waals surface area contributed by atoms with Gasteiger partial charge in [-0.3, -0.25) is 0 Å². The number of nitrogens with zero attached hydrogens (tertiary/aromatic N) is 1. The van der Waals surface area contributed by atoms with Gasteiger partial charge < -0.3 is 10.6 Å². The number of fused-ring (bicyclic) bond motifs is 1. The van der Waals surface area contributed by atoms with Gasteiger partial charge in [-0.1, -0.05) is 18.2 Å². The van der Waals surface area contributed by atoms with Crippen LogP contribution in [-0.4, -0.2) is 13.1 Å². The summed E-state index contributed by atoms with van der Waals surface area (Å²) in [6.07, 6.45) is 0.967. The molecule has 0 spiro atoms. The molecule has 0 amide bonds. The molecule has 0 saturated heterocycles. The average Bonchev–Trinajstić information content (AvgIpc) is 2.85. The molecule has 1 heterocycles. The zero-order chi connectivity index (χ0) is 14.1. The predicted molar refractivity (Wildman–Crippen MR) is 75.6 cm³/mol. The van der Waals surface area contributed by atoms with E-state index in [2.05, 4.69) is 11.0 Å². The Kier molecular flexibility index (Phi) is 3.40. The Morgan fingerprint density at radius 2 is 1.95 bits per heavy atom. The second-order valence-electron chi connectivity index (χ2n) is 5.10. The number of anilines is 1. The molecule has 0 aliphatic carbocycles. The molecule has 3 rings (SSSR count). The van der Waals surface area contributed by atoms with Crippen LogP contribution in [0.1, 0.15) is 17.2 Å². The van der Waals surface area contributed by atoms with Gasteiger partial charge in [-0.15, -0.1) is 0 Å². The molecule has 4 heteroatoms. The van der Waals surface area contributed by atoms with Crippen molar-refractivity contribution in [2.24, 2.45) is 5.73 Å². The molecule has 2 N–H and O–H groups in total. The van der Waals surface area contributed by atoms with E-state index >= 15 is 0 Å². The van der Waals surface area contributed by atoms with E-state index in [1.54, 1.807) is 0 Å². The van der Waals surface area contributed by atoms with Crippen molar-refractivity contribution in [3.8, 4) is 0 Å². The van der Waals surface area contributed by atoms with Gasteiger partial charge in [0.15, 0.2) is 0 Å². The second kappa shape index (κ2) is 5.21. The van der Waals surface area contributed by atoms with Crippen LogP contribution in [0, 0.1) is 11.6 Å². The van der Waals surface area contributed by atoms with Crippen LogP contribution >= 0.6 is 0 Å². The SMILES string of the molecule is NC(CN1CCc2ccccc21)c1cc(F)ccc1F. The Labute approximate surface area is 116 Å². The summed E-state index contributed by atoms with van der Waals surface area (Å²) < 4.78 is 26.9. The van der Waals surface area contributed by atoms with Gasteiger partial charge in [0.2, 0.25) is 0 Å². The lowest BCUT2D eigenvalue weighted by atomic mass is 10.1. The second-order valence-corrected chi connectivity index (χ2v) is 5.10. The van der Waals surface area contributed by atoms with Crippen LogP contribution in [0.25, 0.3) is 0 Å². The van der Waals surface area contributed by atoms with Gasteiger partial charge in [-0.2, -0.15) is 0 Å². The number of nitrogens with two attached hydrogens (primary N) is 1. The first-order valence-electron chi connectivity index (χ1n) is 6.68. The first-order valence-corrected chi connectivity index (χ1v) is 6.68. The van der Waals surface area contributed by atoms with Crippen molar-refractivity contribution in [2.45, 2.75) is 12.5 Å². The number of rotatable bonds is 3. The molecule has 2 aromatic rings. The quantitative estimate of drug-likeness (QED) is 0.932. The van der Waals surface area contributed by atoms with E-state index in [-0.39, 0.29) is 5.56 Å². The van der Waals surface area contributed by atoms with Crippen LogP contribution in [0.15, 0.2) is 42.5 Å². The normalized spacial score (nSPS) is 15.2. The van der Waals surface area contributed by atoms with Crippen LogP contribution < -0.4 is 10.6 Å². The smallest absolute Gasteiger partial charge is 0.128 e. The van der Waals surface area contributed by atoms with Crippen LogP contribution in [0.4, 0.5) is 14.5 Å². The summed E-state index contributed by atoms with van der Waals surface area (Å²) in [6, 6.07) is 11.0. The van der Waals surface area contributed by atoms with Gasteiger partial charge in [-0.05, 0) is 36.2 Å². The molecule has 1 aliphatic rings. The molecule has 0 bridgehead atoms. The van der Waals surface area contributed by atoms with Gasteiger partial charge in [0.05, 0.1) is 6.04 Å². The standard InChI is InChI=1S/C16H16F2N2/c17-12-5-6-14(18)13(9-12)15(19)10-20-8-7-11-3-1-2-4-16(11)20/h1-6,9,15H,7-8,10,19H2. The molecular weight excluding hydrogens is 258 g/mol. The molecule has 1 unspecified atom stereocenters. The average molecular weight is 274 g/mol. The van der Waals surface area contributed by atoms with Crippen molar-refractivity contribution in [2.75, 3.05) is 18.0 Å². The summed E-state index contributed by atoms with van der Waals surface area (Å²) >= 11 is 0. The Morgan fingerprint density at radius 1 is 1.15 bits per heavy atom. The largest absolute Gasteiger partial charge is 0.369 e. The third-order valence-corrected chi connectivity index (χ3v) is 3.76. The summed E-state index contributed by atoms with van der Waals surface area (Å²) in [5.41, 5.74) is 8.70. The number of para-hydroxylation sites is 1. The maximum atomic E-state index is 13.7. The van der Waals surface area contributed by atoms with E-state index in [4.69, 9.17) is 5.73 Å². The van der Waals surface area contributed by atoms with Crippen LogP contribution in [0.3, 0.4) is 0 Å². The Hall–Kier alpha value is -1.94. The molecule has 1 atom stereocenters. The molecule has 104 valence electrons. The topological polar surface area (TPSA) is 29.3 Å². The summed E-state index contributed by atoms with van der Waals surface area (Å²) in [5.74, 6) is -0.912. The van der Waals surface area contributed by atoms with E-state index in [0.29, 0.717) is 6.54 Å². The molecule has 2 aromatic carbocycles. The van der Waals surface area contributed by atoms with Crippen LogP contribution in [0.5, 0.6) is 0 Å². The fraction of sp³-hybridized carbons (Fsp3) is 0.250. The molecule has 0 aromatic heterocycles. The fourth-order valence-electron chi connectivity index (χ4n) is 2.73. The molecule has 0 saturated carbocycles. The molecule has 1 aliphatic heterocycles. The van der Waals surface area contributed by atoms with Gasteiger partial charge in [0.25, 0.3) is 0 Å². The zero-order valence-corrected chi connectivity index (χ0v) is 11.0. The van der Waals surface area contributed by atoms with E-state index in [0.717, 1.165) is 30.8 Å². The highest BCUT2D eigenvalue weighted by Crippen LogP contribution is 2.29. The molecular formula is C16H16F2N2. The number of hydrogen-bond acceptors (Lipinski definition) is 2. The summed E-state index contributed by atoms with van der Waals surface area (Å²) in [7, 11) is 0. The monoisotopic (exact) mass is 274 g/mol. The minimum Gasteiger partial charge on any atom is -0.369 e. The lowest BCUT2D eigenvalue weighted by Gasteiger charge is -2.24. The van der Waals surface area contributed by atoms with Crippen molar-refractivity contribution < 1.29 is 8.78 Å². The van der Waals surface area contributed by atoms with Crippen LogP contribution in [-0.2, 0) is 6.42 Å². The lowest BCUT2D eigenvalue weighted by Crippen LogP contribution is -2.31. The number of halogens is 2. The summed E-state index contributed by atoms with van der Waals surface area (Å²) in [6.45, 7) is 1.35. The zero-order valence-electron chi connectivity index (χ0n) is 11.0. The first-order chi connectivity index (χ1) is 9.65. The van der Waals surface area contributed by atoms with Crippen molar-refractivity contribution >= 4 is 5.69 Å². The molecule has 2 nitrogen and oxygen atoms in total. The number of benzene rings is 2. The Balaban J connectivity index is 1.80. The highest BCUT2D eigenvalue weighted by atomic mass is 19.1.